The van der Waals surface area contributed by atoms with Crippen molar-refractivity contribution < 1.29 is 9.90 Å². The Balaban J connectivity index is 1.70. The number of carbonyl (C=O) groups is 1. The number of benzene rings is 1. The van der Waals surface area contributed by atoms with Crippen LogP contribution in [0.3, 0.4) is 0 Å². The summed E-state index contributed by atoms with van der Waals surface area (Å²) in [6.45, 7) is 1.60. The third-order valence-electron chi connectivity index (χ3n) is 3.90. The fourth-order valence-corrected chi connectivity index (χ4v) is 2.58. The molecule has 0 atom stereocenters. The highest BCUT2D eigenvalue weighted by Crippen LogP contribution is 2.13. The van der Waals surface area contributed by atoms with Gasteiger partial charge in [0.05, 0.1) is 18.0 Å². The van der Waals surface area contributed by atoms with Crippen LogP contribution in [0.1, 0.15) is 23.7 Å². The Kier molecular flexibility index (Phi) is 4.24. The molecule has 3 rings (SSSR count). The molecule has 4 heteroatoms. The zero-order valence-corrected chi connectivity index (χ0v) is 12.9. The number of nitrogens with zero attached hydrogens (tertiary/aromatic N) is 2. The molecule has 2 aromatic heterocycles. The summed E-state index contributed by atoms with van der Waals surface area (Å²) < 4.78 is 2.10. The number of hydrogen-bond donors (Lipinski definition) is 1. The van der Waals surface area contributed by atoms with Gasteiger partial charge in [-0.05, 0) is 49.1 Å². The number of fused-ring (bicyclic) bond motifs is 1. The Bertz CT molecular complexity index is 860. The average molecular weight is 306 g/mol. The van der Waals surface area contributed by atoms with Gasteiger partial charge in [-0.25, -0.2) is 9.78 Å². The van der Waals surface area contributed by atoms with Crippen molar-refractivity contribution in [3.63, 3.8) is 0 Å². The maximum Gasteiger partial charge on any atom is 0.331 e. The van der Waals surface area contributed by atoms with Crippen molar-refractivity contribution in [1.29, 1.82) is 0 Å². The lowest BCUT2D eigenvalue weighted by molar-refractivity contribution is -0.132. The summed E-state index contributed by atoms with van der Waals surface area (Å²) in [5, 5.41) is 8.90. The first-order valence-corrected chi connectivity index (χ1v) is 7.54. The summed E-state index contributed by atoms with van der Waals surface area (Å²) in [6.07, 6.45) is 7.23. The van der Waals surface area contributed by atoms with E-state index in [4.69, 9.17) is 5.11 Å². The Morgan fingerprint density at radius 2 is 1.96 bits per heavy atom. The standard InChI is InChI=1S/C19H18N2O2/c1-14(19(22)23)11-16-7-5-15(6-8-16)9-10-17-3-2-4-18-12-20-13-21(17)18/h2-8,11-13H,9-10H2,1H3,(H,22,23)/b14-11+. The summed E-state index contributed by atoms with van der Waals surface area (Å²) >= 11 is 0. The van der Waals surface area contributed by atoms with E-state index in [1.54, 1.807) is 13.0 Å². The van der Waals surface area contributed by atoms with E-state index in [1.165, 1.54) is 11.3 Å². The van der Waals surface area contributed by atoms with Crippen LogP contribution in [0.4, 0.5) is 0 Å². The molecule has 0 aliphatic rings. The lowest BCUT2D eigenvalue weighted by atomic mass is 10.0. The lowest BCUT2D eigenvalue weighted by Crippen LogP contribution is -1.98. The SMILES string of the molecule is C/C(=C\c1ccc(CCc2cccc3cncn23)cc1)C(=O)O. The molecule has 1 N–H and O–H groups in total. The fourth-order valence-electron chi connectivity index (χ4n) is 2.58. The number of aliphatic carboxylic acids is 1. The first-order chi connectivity index (χ1) is 11.1. The second-order valence-electron chi connectivity index (χ2n) is 5.58. The van der Waals surface area contributed by atoms with Gasteiger partial charge in [0.1, 0.15) is 0 Å². The topological polar surface area (TPSA) is 54.6 Å². The van der Waals surface area contributed by atoms with E-state index in [0.717, 1.165) is 23.9 Å². The summed E-state index contributed by atoms with van der Waals surface area (Å²) in [7, 11) is 0. The highest BCUT2D eigenvalue weighted by Gasteiger charge is 2.02. The monoisotopic (exact) mass is 306 g/mol. The fraction of sp³-hybridized carbons (Fsp3) is 0.158. The van der Waals surface area contributed by atoms with Crippen LogP contribution in [-0.4, -0.2) is 20.5 Å². The molecule has 1 aromatic carbocycles. The van der Waals surface area contributed by atoms with Crippen LogP contribution in [0.15, 0.2) is 60.6 Å². The number of rotatable bonds is 5. The van der Waals surface area contributed by atoms with Crippen molar-refractivity contribution in [3.05, 3.63) is 77.4 Å². The summed E-state index contributed by atoms with van der Waals surface area (Å²) in [4.78, 5) is 15.0. The molecular formula is C19H18N2O2. The molecule has 0 saturated heterocycles. The van der Waals surface area contributed by atoms with Gasteiger partial charge in [-0.15, -0.1) is 0 Å². The first-order valence-electron chi connectivity index (χ1n) is 7.54. The molecular weight excluding hydrogens is 288 g/mol. The van der Waals surface area contributed by atoms with E-state index in [1.807, 2.05) is 30.7 Å². The maximum absolute atomic E-state index is 10.8. The van der Waals surface area contributed by atoms with Gasteiger partial charge in [0.25, 0.3) is 0 Å². The van der Waals surface area contributed by atoms with Gasteiger partial charge >= 0.3 is 5.97 Å². The molecule has 0 bridgehead atoms. The van der Waals surface area contributed by atoms with E-state index >= 15 is 0 Å². The molecule has 116 valence electrons. The van der Waals surface area contributed by atoms with Gasteiger partial charge in [-0.2, -0.15) is 0 Å². The summed E-state index contributed by atoms with van der Waals surface area (Å²) in [6, 6.07) is 14.2. The Morgan fingerprint density at radius 3 is 2.70 bits per heavy atom. The Hall–Kier alpha value is -2.88. The number of hydrogen-bond acceptors (Lipinski definition) is 2. The first kappa shape index (κ1) is 15.0. The Morgan fingerprint density at radius 1 is 1.17 bits per heavy atom. The van der Waals surface area contributed by atoms with E-state index < -0.39 is 5.97 Å². The van der Waals surface area contributed by atoms with Gasteiger partial charge in [-0.3, -0.25) is 0 Å². The van der Waals surface area contributed by atoms with Gasteiger partial charge < -0.3 is 9.51 Å². The molecule has 0 fully saturated rings. The van der Waals surface area contributed by atoms with E-state index in [0.29, 0.717) is 5.57 Å². The molecule has 0 aliphatic heterocycles. The molecule has 0 spiro atoms. The van der Waals surface area contributed by atoms with Crippen LogP contribution in [0.2, 0.25) is 0 Å². The molecule has 23 heavy (non-hydrogen) atoms. The average Bonchev–Trinajstić information content (AvgIpc) is 3.03. The number of aromatic nitrogens is 2. The predicted octanol–water partition coefficient (Wildman–Crippen LogP) is 3.61. The third kappa shape index (κ3) is 3.48. The van der Waals surface area contributed by atoms with Crippen LogP contribution < -0.4 is 0 Å². The molecule has 0 unspecified atom stereocenters. The van der Waals surface area contributed by atoms with Crippen LogP contribution in [0.5, 0.6) is 0 Å². The van der Waals surface area contributed by atoms with E-state index in [9.17, 15) is 4.79 Å². The van der Waals surface area contributed by atoms with Crippen LogP contribution in [0, 0.1) is 0 Å². The second kappa shape index (κ2) is 6.48. The molecule has 3 aromatic rings. The molecule has 0 amide bonds. The minimum absolute atomic E-state index is 0.338. The third-order valence-corrected chi connectivity index (χ3v) is 3.90. The molecule has 0 radical (unpaired) electrons. The molecule has 2 heterocycles. The van der Waals surface area contributed by atoms with Crippen LogP contribution in [-0.2, 0) is 17.6 Å². The highest BCUT2D eigenvalue weighted by molar-refractivity contribution is 5.91. The lowest BCUT2D eigenvalue weighted by Gasteiger charge is -2.06. The van der Waals surface area contributed by atoms with Crippen molar-refractivity contribution in [2.24, 2.45) is 0 Å². The number of aryl methyl sites for hydroxylation is 2. The summed E-state index contributed by atoms with van der Waals surface area (Å²) in [5.74, 6) is -0.887. The van der Waals surface area contributed by atoms with Gasteiger partial charge in [0.2, 0.25) is 0 Å². The number of imidazole rings is 1. The maximum atomic E-state index is 10.8. The smallest absolute Gasteiger partial charge is 0.331 e. The largest absolute Gasteiger partial charge is 0.478 e. The molecule has 4 nitrogen and oxygen atoms in total. The minimum atomic E-state index is -0.887. The number of carboxylic acid groups (broad SMARTS) is 1. The van der Waals surface area contributed by atoms with E-state index in [2.05, 4.69) is 33.7 Å². The van der Waals surface area contributed by atoms with Gasteiger partial charge in [-0.1, -0.05) is 30.3 Å². The zero-order valence-electron chi connectivity index (χ0n) is 12.9. The number of pyridine rings is 1. The van der Waals surface area contributed by atoms with Gasteiger partial charge in [0.15, 0.2) is 0 Å². The second-order valence-corrected chi connectivity index (χ2v) is 5.58. The molecule has 0 aliphatic carbocycles. The normalized spacial score (nSPS) is 11.8. The predicted molar refractivity (Wildman–Crippen MR) is 90.3 cm³/mol. The number of carboxylic acids is 1. The van der Waals surface area contributed by atoms with Crippen LogP contribution in [0.25, 0.3) is 11.6 Å². The molecule has 0 saturated carbocycles. The summed E-state index contributed by atoms with van der Waals surface area (Å²) in [5.41, 5.74) is 4.81. The van der Waals surface area contributed by atoms with Crippen molar-refractivity contribution in [2.45, 2.75) is 19.8 Å². The minimum Gasteiger partial charge on any atom is -0.478 e. The van der Waals surface area contributed by atoms with Gasteiger partial charge in [0, 0.05) is 11.3 Å². The Labute approximate surface area is 134 Å². The quantitative estimate of drug-likeness (QED) is 0.733. The van der Waals surface area contributed by atoms with Crippen molar-refractivity contribution in [2.75, 3.05) is 0 Å². The van der Waals surface area contributed by atoms with Crippen LogP contribution >= 0.6 is 0 Å². The van der Waals surface area contributed by atoms with Crippen molar-refractivity contribution >= 4 is 17.6 Å². The van der Waals surface area contributed by atoms with E-state index in [-0.39, 0.29) is 0 Å². The highest BCUT2D eigenvalue weighted by atomic mass is 16.4. The zero-order chi connectivity index (χ0) is 16.2. The van der Waals surface area contributed by atoms with Crippen molar-refractivity contribution in [3.8, 4) is 0 Å². The van der Waals surface area contributed by atoms with Crippen molar-refractivity contribution in [1.82, 2.24) is 9.38 Å².